The second-order valence-electron chi connectivity index (χ2n) is 24.6. The molecule has 2 aromatic rings. The van der Waals surface area contributed by atoms with Crippen molar-refractivity contribution in [2.75, 3.05) is 53.6 Å². The number of hydrogen-bond donors (Lipinski definition) is 4. The van der Waals surface area contributed by atoms with E-state index in [-0.39, 0.29) is 103 Å². The van der Waals surface area contributed by atoms with Gasteiger partial charge in [0.2, 0.25) is 17.7 Å². The first-order valence-corrected chi connectivity index (χ1v) is 31.6. The number of benzene rings is 2. The fraction of sp³-hybridized carbons (Fsp3) is 0.537. The van der Waals surface area contributed by atoms with E-state index < -0.39 is 60.6 Å². The summed E-state index contributed by atoms with van der Waals surface area (Å²) in [5.74, 6) is -2.36. The Morgan fingerprint density at radius 3 is 2.23 bits per heavy atom. The lowest BCUT2D eigenvalue weighted by Crippen LogP contribution is -2.54. The van der Waals surface area contributed by atoms with Gasteiger partial charge in [-0.1, -0.05) is 57.9 Å². The second kappa shape index (κ2) is 31.9. The summed E-state index contributed by atoms with van der Waals surface area (Å²) in [5.41, 5.74) is 2.20. The third-order valence-electron chi connectivity index (χ3n) is 17.5. The van der Waals surface area contributed by atoms with Crippen LogP contribution in [0.2, 0.25) is 0 Å². The van der Waals surface area contributed by atoms with Crippen molar-refractivity contribution in [2.24, 2.45) is 22.2 Å². The molecule has 1 saturated carbocycles. The van der Waals surface area contributed by atoms with Crippen LogP contribution in [-0.2, 0) is 65.6 Å². The van der Waals surface area contributed by atoms with Crippen LogP contribution < -0.4 is 25.4 Å². The number of unbranched alkanes of at least 4 members (excludes halogenated alkanes) is 4. The first-order chi connectivity index (χ1) is 43.7. The van der Waals surface area contributed by atoms with E-state index in [1.54, 1.807) is 55.1 Å². The monoisotopic (exact) mass is 1260 g/mol. The lowest BCUT2D eigenvalue weighted by molar-refractivity contribution is -0.137. The SMILES string of the molecule is CCC1C[C@H]2C=Nc3cc(OCCCCCO/C=C/C4=C(/C=C/OC)C(=O)N5CC6(CC6)C[C@H]5C(O)N4C(=O)OCc4ccc(CC(=O)[C@H](C)NC(=O)[C@@H](NC(=O)CNC(=O)CCC(=O)CCCCCN5C(=O)C=CC5=O)C(C)C)cc4)c(OC)cc3C(=O)N2C1. The molecule has 91 heavy (non-hydrogen) atoms. The first kappa shape index (κ1) is 68.2. The summed E-state index contributed by atoms with van der Waals surface area (Å²) < 4.78 is 28.8. The molecule has 5 heterocycles. The third kappa shape index (κ3) is 17.9. The van der Waals surface area contributed by atoms with Gasteiger partial charge in [0, 0.05) is 69.8 Å². The van der Waals surface area contributed by atoms with E-state index >= 15 is 0 Å². The number of amides is 8. The molecule has 24 nitrogen and oxygen atoms in total. The molecule has 4 N–H and O–H groups in total. The topological polar surface area (TPSA) is 298 Å². The molecule has 6 atom stereocenters. The average Bonchev–Trinajstić information content (AvgIpc) is 1.58. The number of ketones is 2. The van der Waals surface area contributed by atoms with Gasteiger partial charge >= 0.3 is 6.09 Å². The van der Waals surface area contributed by atoms with Crippen molar-refractivity contribution in [1.29, 1.82) is 0 Å². The first-order valence-electron chi connectivity index (χ1n) is 31.6. The highest BCUT2D eigenvalue weighted by atomic mass is 16.6. The van der Waals surface area contributed by atoms with Gasteiger partial charge in [-0.3, -0.25) is 53.0 Å². The fourth-order valence-electron chi connectivity index (χ4n) is 11.9. The molecule has 1 aliphatic carbocycles. The van der Waals surface area contributed by atoms with Crippen LogP contribution in [0.4, 0.5) is 10.5 Å². The Bertz CT molecular complexity index is 3190. The van der Waals surface area contributed by atoms with Gasteiger partial charge in [-0.05, 0) is 111 Å². The van der Waals surface area contributed by atoms with Crippen LogP contribution in [0.1, 0.15) is 139 Å². The van der Waals surface area contributed by atoms with Crippen molar-refractivity contribution in [2.45, 2.75) is 161 Å². The lowest BCUT2D eigenvalue weighted by atomic mass is 10.0. The average molecular weight is 1260 g/mol. The summed E-state index contributed by atoms with van der Waals surface area (Å²) in [4.78, 5) is 141. The predicted octanol–water partition coefficient (Wildman–Crippen LogP) is 6.21. The number of allylic oxidation sites excluding steroid dienone is 1. The standard InChI is InChI=1S/C67H86N8O16/c1-7-44-32-47-37-68-51-35-56(55(88-6)34-50(51)64(84)73(47)39-44)90-29-13-9-12-28-89-31-24-52-49(23-30-87-5)63(83)74-41-67(25-26-67)36-53(74)65(85)75(52)66(86)91-40-46-17-15-45(16-18-46)33-54(77)43(4)70-62(82)61(42(2)3)71-58(79)38-69-57(78)20-19-48(76)14-10-8-11-27-72-59(80)21-22-60(72)81/h15-18,21-24,30-31,34-35,37,42-44,47,53,61,65,85H,7-14,19-20,25-29,32-33,36,38-41H2,1-6H3,(H,69,78)(H,70,82)(H,71,79)/b30-23+,31-24+/t43-,44?,47-,53-,61-,65?/m0/s1. The van der Waals surface area contributed by atoms with E-state index in [1.165, 1.54) is 58.0 Å². The van der Waals surface area contributed by atoms with Gasteiger partial charge in [-0.2, -0.15) is 0 Å². The van der Waals surface area contributed by atoms with Gasteiger partial charge in [0.05, 0.1) is 87.1 Å². The van der Waals surface area contributed by atoms with E-state index in [2.05, 4.69) is 27.9 Å². The molecular formula is C67H86N8O16. The molecular weight excluding hydrogens is 1170 g/mol. The van der Waals surface area contributed by atoms with Crippen LogP contribution in [0, 0.1) is 17.3 Å². The fourth-order valence-corrected chi connectivity index (χ4v) is 11.9. The minimum atomic E-state index is -1.48. The number of rotatable bonds is 33. The predicted molar refractivity (Wildman–Crippen MR) is 333 cm³/mol. The summed E-state index contributed by atoms with van der Waals surface area (Å²) in [6, 6.07) is 7.47. The van der Waals surface area contributed by atoms with Gasteiger partial charge in [-0.25, -0.2) is 9.69 Å². The number of methoxy groups -OCH3 is 2. The van der Waals surface area contributed by atoms with Crippen LogP contribution >= 0.6 is 0 Å². The smallest absolute Gasteiger partial charge is 0.416 e. The van der Waals surface area contributed by atoms with E-state index in [1.807, 2.05) is 11.1 Å². The Morgan fingerprint density at radius 2 is 1.53 bits per heavy atom. The second-order valence-corrected chi connectivity index (χ2v) is 24.6. The summed E-state index contributed by atoms with van der Waals surface area (Å²) in [7, 11) is 2.97. The maximum absolute atomic E-state index is 14.4. The van der Waals surface area contributed by atoms with Crippen LogP contribution in [0.25, 0.3) is 0 Å². The summed E-state index contributed by atoms with van der Waals surface area (Å²) >= 11 is 0. The van der Waals surface area contributed by atoms with E-state index in [0.29, 0.717) is 98.0 Å². The zero-order valence-corrected chi connectivity index (χ0v) is 52.9. The van der Waals surface area contributed by atoms with Crippen molar-refractivity contribution >= 4 is 70.9 Å². The molecule has 8 amide bonds. The molecule has 2 saturated heterocycles. The van der Waals surface area contributed by atoms with Crippen molar-refractivity contribution < 1.29 is 76.7 Å². The highest BCUT2D eigenvalue weighted by Gasteiger charge is 2.58. The minimum Gasteiger partial charge on any atom is -0.504 e. The quantitative estimate of drug-likeness (QED) is 0.0351. The van der Waals surface area contributed by atoms with Gasteiger partial charge in [0.15, 0.2) is 23.5 Å². The van der Waals surface area contributed by atoms with Gasteiger partial charge in [-0.15, -0.1) is 0 Å². The molecule has 0 aromatic heterocycles. The Labute approximate surface area is 530 Å². The molecule has 5 aliphatic heterocycles. The molecule has 490 valence electrons. The molecule has 1 spiro atoms. The summed E-state index contributed by atoms with van der Waals surface area (Å²) in [6.45, 7) is 8.50. The number of nitrogens with zero attached hydrogens (tertiary/aromatic N) is 5. The minimum absolute atomic E-state index is 0.0246. The maximum Gasteiger partial charge on any atom is 0.416 e. The molecule has 2 unspecified atom stereocenters. The highest BCUT2D eigenvalue weighted by Crippen LogP contribution is 2.56. The zero-order valence-electron chi connectivity index (χ0n) is 52.9. The molecule has 0 radical (unpaired) electrons. The Morgan fingerprint density at radius 1 is 0.802 bits per heavy atom. The molecule has 24 heteroatoms. The number of carbonyl (C=O) groups excluding carboxylic acids is 10. The van der Waals surface area contributed by atoms with E-state index in [4.69, 9.17) is 23.7 Å². The van der Waals surface area contributed by atoms with Crippen molar-refractivity contribution in [3.8, 4) is 11.5 Å². The number of carbonyl (C=O) groups is 10. The lowest BCUT2D eigenvalue weighted by Gasteiger charge is -2.32. The Hall–Kier alpha value is -8.67. The maximum atomic E-state index is 14.4. The van der Waals surface area contributed by atoms with Gasteiger partial charge in [0.25, 0.3) is 23.6 Å². The number of aliphatic hydroxyl groups is 1. The van der Waals surface area contributed by atoms with Crippen LogP contribution in [0.15, 0.2) is 89.5 Å². The van der Waals surface area contributed by atoms with Crippen LogP contribution in [0.5, 0.6) is 11.5 Å². The molecule has 0 bridgehead atoms. The zero-order chi connectivity index (χ0) is 65.4. The highest BCUT2D eigenvalue weighted by molar-refractivity contribution is 6.13. The Kier molecular flexibility index (Phi) is 23.9. The molecule has 2 aromatic carbocycles. The number of aliphatic hydroxyl groups excluding tert-OH is 1. The van der Waals surface area contributed by atoms with Crippen LogP contribution in [0.3, 0.4) is 0 Å². The normalized spacial score (nSPS) is 20.4. The number of fused-ring (bicyclic) bond motifs is 3. The van der Waals surface area contributed by atoms with E-state index in [9.17, 15) is 53.1 Å². The third-order valence-corrected chi connectivity index (χ3v) is 17.5. The van der Waals surface area contributed by atoms with Gasteiger partial charge in [0.1, 0.15) is 18.4 Å². The number of imide groups is 1. The van der Waals surface area contributed by atoms with Crippen LogP contribution in [-0.4, -0.2) is 174 Å². The molecule has 6 aliphatic rings. The molecule has 3 fully saturated rings. The van der Waals surface area contributed by atoms with Crippen molar-refractivity contribution in [3.05, 3.63) is 101 Å². The summed E-state index contributed by atoms with van der Waals surface area (Å²) in [6.07, 6.45) is 15.5. The Balaban J connectivity index is 0.788. The number of hydrogen-bond acceptors (Lipinski definition) is 17. The molecule has 8 rings (SSSR count). The number of Topliss-reactive ketones (excluding diaryl/α,β-unsaturated/α-hetero) is 2. The van der Waals surface area contributed by atoms with Crippen molar-refractivity contribution in [1.82, 2.24) is 35.6 Å². The number of aliphatic imine (C=N–C) groups is 1. The number of ether oxygens (including phenoxy) is 5. The van der Waals surface area contributed by atoms with Gasteiger partial charge < -0.3 is 54.5 Å². The number of nitrogens with one attached hydrogen (secondary N) is 3. The summed E-state index contributed by atoms with van der Waals surface area (Å²) in [5, 5.41) is 19.9. The van der Waals surface area contributed by atoms with E-state index in [0.717, 1.165) is 41.9 Å². The van der Waals surface area contributed by atoms with Crippen molar-refractivity contribution in [3.63, 3.8) is 0 Å². The largest absolute Gasteiger partial charge is 0.504 e.